The van der Waals surface area contributed by atoms with Crippen LogP contribution in [0.1, 0.15) is 24.8 Å². The molecule has 1 aromatic rings. The molecule has 0 heterocycles. The molecule has 0 amide bonds. The van der Waals surface area contributed by atoms with Gasteiger partial charge in [0, 0.05) is 12.8 Å². The molecule has 1 aliphatic carbocycles. The number of benzene rings is 1. The van der Waals surface area contributed by atoms with Gasteiger partial charge in [0.05, 0.1) is 19.6 Å². The Hall–Kier alpha value is -1.48. The van der Waals surface area contributed by atoms with E-state index in [1.807, 2.05) is 30.3 Å². The van der Waals surface area contributed by atoms with Crippen LogP contribution >= 0.6 is 0 Å². The van der Waals surface area contributed by atoms with Gasteiger partial charge in [-0.15, -0.1) is 0 Å². The van der Waals surface area contributed by atoms with Crippen LogP contribution in [0.25, 0.3) is 0 Å². The van der Waals surface area contributed by atoms with Gasteiger partial charge in [0.15, 0.2) is 0 Å². The molecule has 3 heteroatoms. The van der Waals surface area contributed by atoms with Crippen LogP contribution in [0.3, 0.4) is 0 Å². The zero-order chi connectivity index (χ0) is 12.1. The maximum atomic E-state index is 11.2. The number of carbonyl (C=O) groups is 2. The molecular weight excluding hydrogens is 216 g/mol. The van der Waals surface area contributed by atoms with E-state index < -0.39 is 0 Å². The van der Waals surface area contributed by atoms with Gasteiger partial charge < -0.3 is 4.74 Å². The second-order valence-corrected chi connectivity index (χ2v) is 4.53. The summed E-state index contributed by atoms with van der Waals surface area (Å²) < 4.78 is 5.55. The molecule has 1 aromatic carbocycles. The van der Waals surface area contributed by atoms with E-state index in [9.17, 15) is 9.59 Å². The molecule has 0 unspecified atom stereocenters. The summed E-state index contributed by atoms with van der Waals surface area (Å²) in [6.45, 7) is 1.03. The fraction of sp³-hybridized carbons (Fsp3) is 0.429. The smallest absolute Gasteiger partial charge is 0.140 e. The highest BCUT2D eigenvalue weighted by molar-refractivity contribution is 6.01. The Bertz CT molecular complexity index is 381. The quantitative estimate of drug-likeness (QED) is 0.747. The zero-order valence-corrected chi connectivity index (χ0v) is 9.72. The molecule has 1 saturated carbocycles. The van der Waals surface area contributed by atoms with Gasteiger partial charge in [-0.25, -0.2) is 0 Å². The van der Waals surface area contributed by atoms with Crippen molar-refractivity contribution in [2.45, 2.75) is 25.9 Å². The average molecular weight is 232 g/mol. The summed E-state index contributed by atoms with van der Waals surface area (Å²) in [5, 5.41) is 0. The number of ether oxygens (including phenoxy) is 1. The molecule has 2 rings (SSSR count). The molecule has 17 heavy (non-hydrogen) atoms. The summed E-state index contributed by atoms with van der Waals surface area (Å²) in [6.07, 6.45) is 1.09. The summed E-state index contributed by atoms with van der Waals surface area (Å²) in [6, 6.07) is 9.88. The van der Waals surface area contributed by atoms with Gasteiger partial charge in [-0.1, -0.05) is 30.3 Å². The molecule has 90 valence electrons. The van der Waals surface area contributed by atoms with Gasteiger partial charge in [-0.2, -0.15) is 0 Å². The van der Waals surface area contributed by atoms with E-state index in [-0.39, 0.29) is 23.9 Å². The van der Waals surface area contributed by atoms with Crippen LogP contribution < -0.4 is 0 Å². The lowest BCUT2D eigenvalue weighted by atomic mass is 9.88. The highest BCUT2D eigenvalue weighted by atomic mass is 16.5. The summed E-state index contributed by atoms with van der Waals surface area (Å²) in [5.41, 5.74) is 1.11. The van der Waals surface area contributed by atoms with Gasteiger partial charge >= 0.3 is 0 Å². The van der Waals surface area contributed by atoms with Gasteiger partial charge in [-0.3, -0.25) is 9.59 Å². The van der Waals surface area contributed by atoms with Crippen molar-refractivity contribution in [3.05, 3.63) is 35.9 Å². The minimum atomic E-state index is 0.0505. The molecule has 0 aliphatic heterocycles. The average Bonchev–Trinajstić information content (AvgIpc) is 2.29. The maximum absolute atomic E-state index is 11.2. The van der Waals surface area contributed by atoms with E-state index in [1.165, 1.54) is 0 Å². The Balaban J connectivity index is 1.75. The van der Waals surface area contributed by atoms with Crippen LogP contribution in [0, 0.1) is 5.92 Å². The van der Waals surface area contributed by atoms with Crippen molar-refractivity contribution in [1.82, 2.24) is 0 Å². The predicted octanol–water partition coefficient (Wildman–Crippen LogP) is 2.14. The van der Waals surface area contributed by atoms with Crippen molar-refractivity contribution in [3.8, 4) is 0 Å². The molecule has 1 fully saturated rings. The Morgan fingerprint density at radius 1 is 1.06 bits per heavy atom. The first-order valence-electron chi connectivity index (χ1n) is 5.89. The predicted molar refractivity (Wildman–Crippen MR) is 63.5 cm³/mol. The number of Topliss-reactive ketones (excluding diaryl/α,β-unsaturated/α-hetero) is 2. The van der Waals surface area contributed by atoms with Crippen LogP contribution in [0.15, 0.2) is 30.3 Å². The van der Waals surface area contributed by atoms with Crippen molar-refractivity contribution < 1.29 is 14.3 Å². The van der Waals surface area contributed by atoms with Crippen LogP contribution in [0.2, 0.25) is 0 Å². The monoisotopic (exact) mass is 232 g/mol. The standard InChI is InChI=1S/C14H16O3/c15-13-6-12(7-14(16)8-13)10-17-9-11-4-2-1-3-5-11/h1-5,12H,6-10H2. The number of hydrogen-bond donors (Lipinski definition) is 0. The van der Waals surface area contributed by atoms with Crippen LogP contribution in [0.4, 0.5) is 0 Å². The normalized spacial score (nSPS) is 17.4. The van der Waals surface area contributed by atoms with E-state index in [4.69, 9.17) is 4.74 Å². The summed E-state index contributed by atoms with van der Waals surface area (Å²) in [7, 11) is 0. The van der Waals surface area contributed by atoms with Crippen molar-refractivity contribution >= 4 is 11.6 Å². The molecule has 0 saturated heterocycles. The van der Waals surface area contributed by atoms with Crippen molar-refractivity contribution in [2.75, 3.05) is 6.61 Å². The summed E-state index contributed by atoms with van der Waals surface area (Å²) in [5.74, 6) is 0.177. The summed E-state index contributed by atoms with van der Waals surface area (Å²) >= 11 is 0. The lowest BCUT2D eigenvalue weighted by molar-refractivity contribution is -0.132. The third kappa shape index (κ3) is 3.79. The SMILES string of the molecule is O=C1CC(=O)CC(COCc2ccccc2)C1. The minimum absolute atomic E-state index is 0.0505. The maximum Gasteiger partial charge on any atom is 0.140 e. The molecule has 0 atom stereocenters. The highest BCUT2D eigenvalue weighted by Gasteiger charge is 2.25. The molecule has 1 aliphatic rings. The molecule has 0 N–H and O–H groups in total. The Labute approximate surface area is 101 Å². The van der Waals surface area contributed by atoms with Gasteiger partial charge in [0.25, 0.3) is 0 Å². The van der Waals surface area contributed by atoms with E-state index in [0.717, 1.165) is 5.56 Å². The molecular formula is C14H16O3. The Kier molecular flexibility index (Phi) is 4.04. The first-order chi connectivity index (χ1) is 8.24. The second-order valence-electron chi connectivity index (χ2n) is 4.53. The zero-order valence-electron chi connectivity index (χ0n) is 9.72. The molecule has 0 spiro atoms. The van der Waals surface area contributed by atoms with Crippen LogP contribution in [-0.4, -0.2) is 18.2 Å². The minimum Gasteiger partial charge on any atom is -0.376 e. The second kappa shape index (κ2) is 5.73. The summed E-state index contributed by atoms with van der Waals surface area (Å²) in [4.78, 5) is 22.5. The van der Waals surface area contributed by atoms with E-state index in [2.05, 4.69) is 0 Å². The van der Waals surface area contributed by atoms with E-state index in [0.29, 0.717) is 26.1 Å². The van der Waals surface area contributed by atoms with E-state index >= 15 is 0 Å². The Morgan fingerprint density at radius 3 is 2.35 bits per heavy atom. The topological polar surface area (TPSA) is 43.4 Å². The van der Waals surface area contributed by atoms with Gasteiger partial charge in [-0.05, 0) is 11.5 Å². The third-order valence-corrected chi connectivity index (χ3v) is 2.89. The molecule has 3 nitrogen and oxygen atoms in total. The third-order valence-electron chi connectivity index (χ3n) is 2.89. The molecule has 0 bridgehead atoms. The lowest BCUT2D eigenvalue weighted by Crippen LogP contribution is -2.25. The van der Waals surface area contributed by atoms with E-state index in [1.54, 1.807) is 0 Å². The van der Waals surface area contributed by atoms with Gasteiger partial charge in [0.2, 0.25) is 0 Å². The molecule has 0 radical (unpaired) electrons. The van der Waals surface area contributed by atoms with Gasteiger partial charge in [0.1, 0.15) is 11.6 Å². The lowest BCUT2D eigenvalue weighted by Gasteiger charge is -2.19. The number of carbonyl (C=O) groups excluding carboxylic acids is 2. The Morgan fingerprint density at radius 2 is 1.71 bits per heavy atom. The largest absolute Gasteiger partial charge is 0.376 e. The first-order valence-corrected chi connectivity index (χ1v) is 5.89. The number of ketones is 2. The first kappa shape index (κ1) is 12.0. The fourth-order valence-corrected chi connectivity index (χ4v) is 2.12. The van der Waals surface area contributed by atoms with Crippen molar-refractivity contribution in [2.24, 2.45) is 5.92 Å². The number of rotatable bonds is 4. The molecule has 0 aromatic heterocycles. The fourth-order valence-electron chi connectivity index (χ4n) is 2.12. The van der Waals surface area contributed by atoms with Crippen LogP contribution in [0.5, 0.6) is 0 Å². The van der Waals surface area contributed by atoms with Crippen LogP contribution in [-0.2, 0) is 20.9 Å². The number of hydrogen-bond acceptors (Lipinski definition) is 3. The highest BCUT2D eigenvalue weighted by Crippen LogP contribution is 2.19. The van der Waals surface area contributed by atoms with Crippen molar-refractivity contribution in [3.63, 3.8) is 0 Å². The van der Waals surface area contributed by atoms with Crippen molar-refractivity contribution in [1.29, 1.82) is 0 Å².